The van der Waals surface area contributed by atoms with Crippen LogP contribution in [0.25, 0.3) is 0 Å². The number of hydrogen-bond donors (Lipinski definition) is 1. The zero-order valence-electron chi connectivity index (χ0n) is 15.8. The monoisotopic (exact) mass is 393 g/mol. The highest BCUT2D eigenvalue weighted by atomic mass is 16.6. The van der Waals surface area contributed by atoms with Crippen LogP contribution in [0.15, 0.2) is 59.0 Å². The second kappa shape index (κ2) is 8.10. The van der Waals surface area contributed by atoms with E-state index in [0.29, 0.717) is 47.5 Å². The van der Waals surface area contributed by atoms with E-state index in [0.717, 1.165) is 0 Å². The molecular weight excluding hydrogens is 374 g/mol. The Balaban J connectivity index is 1.35. The molecule has 2 aromatic carbocycles. The standard InChI is InChI=1S/C22H19NO6/c1-14(24)15-2-5-17(6-3-15)28-13-18-7-9-20(29-18)22(25)23-16-4-8-19-21(12-16)27-11-10-26-19/h2-9,12H,10-11,13H2,1H3,(H,23,25). The van der Waals surface area contributed by atoms with E-state index in [1.807, 2.05) is 0 Å². The molecule has 1 aliphatic rings. The number of hydrogen-bond acceptors (Lipinski definition) is 6. The first-order valence-corrected chi connectivity index (χ1v) is 9.12. The Kier molecular flexibility index (Phi) is 5.20. The summed E-state index contributed by atoms with van der Waals surface area (Å²) in [5, 5.41) is 2.77. The molecule has 0 radical (unpaired) electrons. The lowest BCUT2D eigenvalue weighted by molar-refractivity contribution is 0.0990. The number of carbonyl (C=O) groups excluding carboxylic acids is 2. The van der Waals surface area contributed by atoms with Gasteiger partial charge in [0.1, 0.15) is 31.3 Å². The fourth-order valence-electron chi connectivity index (χ4n) is 2.83. The highest BCUT2D eigenvalue weighted by Crippen LogP contribution is 2.32. The molecule has 0 atom stereocenters. The minimum Gasteiger partial charge on any atom is -0.486 e. The number of nitrogens with one attached hydrogen (secondary N) is 1. The number of anilines is 1. The number of Topliss-reactive ketones (excluding diaryl/α,β-unsaturated/α-hetero) is 1. The molecule has 0 unspecified atom stereocenters. The molecule has 0 spiro atoms. The summed E-state index contributed by atoms with van der Waals surface area (Å²) < 4.78 is 22.2. The molecule has 7 heteroatoms. The van der Waals surface area contributed by atoms with Crippen molar-refractivity contribution in [2.75, 3.05) is 18.5 Å². The van der Waals surface area contributed by atoms with Crippen LogP contribution < -0.4 is 19.5 Å². The van der Waals surface area contributed by atoms with Crippen LogP contribution >= 0.6 is 0 Å². The van der Waals surface area contributed by atoms with Crippen LogP contribution in [0.2, 0.25) is 0 Å². The summed E-state index contributed by atoms with van der Waals surface area (Å²) in [6.07, 6.45) is 0. The number of benzene rings is 2. The number of furan rings is 1. The number of fused-ring (bicyclic) bond motifs is 1. The van der Waals surface area contributed by atoms with E-state index < -0.39 is 0 Å². The minimum atomic E-state index is -0.376. The zero-order valence-corrected chi connectivity index (χ0v) is 15.8. The lowest BCUT2D eigenvalue weighted by Gasteiger charge is -2.18. The SMILES string of the molecule is CC(=O)c1ccc(OCc2ccc(C(=O)Nc3ccc4c(c3)OCCO4)o2)cc1. The molecule has 148 valence electrons. The van der Waals surface area contributed by atoms with Crippen LogP contribution in [0.3, 0.4) is 0 Å². The molecule has 3 aromatic rings. The van der Waals surface area contributed by atoms with Gasteiger partial charge in [-0.25, -0.2) is 0 Å². The van der Waals surface area contributed by atoms with Crippen molar-refractivity contribution in [3.05, 3.63) is 71.7 Å². The maximum atomic E-state index is 12.4. The molecular formula is C22H19NO6. The summed E-state index contributed by atoms with van der Waals surface area (Å²) in [5.41, 5.74) is 1.20. The fraction of sp³-hybridized carbons (Fsp3) is 0.182. The first kappa shape index (κ1) is 18.6. The molecule has 1 aromatic heterocycles. The Morgan fingerprint density at radius 3 is 2.48 bits per heavy atom. The largest absolute Gasteiger partial charge is 0.486 e. The molecule has 1 N–H and O–H groups in total. The van der Waals surface area contributed by atoms with Gasteiger partial charge in [-0.05, 0) is 55.5 Å². The average Bonchev–Trinajstić information content (AvgIpc) is 3.22. The molecule has 0 fully saturated rings. The van der Waals surface area contributed by atoms with Gasteiger partial charge in [0, 0.05) is 17.3 Å². The van der Waals surface area contributed by atoms with Gasteiger partial charge in [-0.15, -0.1) is 0 Å². The Labute approximate surface area is 167 Å². The number of carbonyl (C=O) groups is 2. The average molecular weight is 393 g/mol. The minimum absolute atomic E-state index is 0.00347. The molecule has 29 heavy (non-hydrogen) atoms. The lowest BCUT2D eigenvalue weighted by Crippen LogP contribution is -2.16. The van der Waals surface area contributed by atoms with Crippen molar-refractivity contribution < 1.29 is 28.2 Å². The quantitative estimate of drug-likeness (QED) is 0.635. The molecule has 0 saturated heterocycles. The predicted molar refractivity (Wildman–Crippen MR) is 105 cm³/mol. The van der Waals surface area contributed by atoms with Crippen molar-refractivity contribution in [1.82, 2.24) is 0 Å². The van der Waals surface area contributed by atoms with Crippen molar-refractivity contribution in [3.63, 3.8) is 0 Å². The van der Waals surface area contributed by atoms with Crippen molar-refractivity contribution in [3.8, 4) is 17.2 Å². The molecule has 4 rings (SSSR count). The highest BCUT2D eigenvalue weighted by molar-refractivity contribution is 6.02. The third-order valence-electron chi connectivity index (χ3n) is 4.33. The van der Waals surface area contributed by atoms with Crippen LogP contribution in [0.5, 0.6) is 17.2 Å². The van der Waals surface area contributed by atoms with Gasteiger partial charge in [0.15, 0.2) is 23.0 Å². The Morgan fingerprint density at radius 1 is 0.966 bits per heavy atom. The van der Waals surface area contributed by atoms with Crippen molar-refractivity contribution in [2.45, 2.75) is 13.5 Å². The predicted octanol–water partition coefficient (Wildman–Crippen LogP) is 4.08. The van der Waals surface area contributed by atoms with E-state index >= 15 is 0 Å². The third-order valence-corrected chi connectivity index (χ3v) is 4.33. The van der Waals surface area contributed by atoms with Gasteiger partial charge < -0.3 is 23.9 Å². The second-order valence-corrected chi connectivity index (χ2v) is 6.45. The van der Waals surface area contributed by atoms with Gasteiger partial charge in [-0.3, -0.25) is 9.59 Å². The lowest BCUT2D eigenvalue weighted by atomic mass is 10.1. The smallest absolute Gasteiger partial charge is 0.291 e. The molecule has 1 amide bonds. The van der Waals surface area contributed by atoms with E-state index in [9.17, 15) is 9.59 Å². The molecule has 0 bridgehead atoms. The van der Waals surface area contributed by atoms with Gasteiger partial charge >= 0.3 is 0 Å². The van der Waals surface area contributed by atoms with E-state index in [2.05, 4.69) is 5.32 Å². The van der Waals surface area contributed by atoms with Crippen LogP contribution in [0, 0.1) is 0 Å². The maximum absolute atomic E-state index is 12.4. The number of rotatable bonds is 6. The van der Waals surface area contributed by atoms with Gasteiger partial charge in [-0.1, -0.05) is 0 Å². The fourth-order valence-corrected chi connectivity index (χ4v) is 2.83. The number of ether oxygens (including phenoxy) is 3. The third kappa shape index (κ3) is 4.40. The van der Waals surface area contributed by atoms with E-state index in [4.69, 9.17) is 18.6 Å². The Bertz CT molecular complexity index is 1040. The molecule has 0 aliphatic carbocycles. The number of amides is 1. The Morgan fingerprint density at radius 2 is 1.72 bits per heavy atom. The zero-order chi connectivity index (χ0) is 20.2. The summed E-state index contributed by atoms with van der Waals surface area (Å²) in [7, 11) is 0. The summed E-state index contributed by atoms with van der Waals surface area (Å²) in [4.78, 5) is 23.7. The van der Waals surface area contributed by atoms with Crippen LogP contribution in [-0.4, -0.2) is 24.9 Å². The van der Waals surface area contributed by atoms with Crippen molar-refractivity contribution >= 4 is 17.4 Å². The molecule has 2 heterocycles. The van der Waals surface area contributed by atoms with Gasteiger partial charge in [0.05, 0.1) is 0 Å². The van der Waals surface area contributed by atoms with Gasteiger partial charge in [-0.2, -0.15) is 0 Å². The van der Waals surface area contributed by atoms with E-state index in [1.165, 1.54) is 6.92 Å². The van der Waals surface area contributed by atoms with Crippen LogP contribution in [-0.2, 0) is 6.61 Å². The first-order valence-electron chi connectivity index (χ1n) is 9.12. The summed E-state index contributed by atoms with van der Waals surface area (Å²) in [6, 6.07) is 15.3. The summed E-state index contributed by atoms with van der Waals surface area (Å²) >= 11 is 0. The molecule has 7 nitrogen and oxygen atoms in total. The molecule has 1 aliphatic heterocycles. The summed E-state index contributed by atoms with van der Waals surface area (Å²) in [6.45, 7) is 2.66. The normalized spacial score (nSPS) is 12.3. The Hall–Kier alpha value is -3.74. The van der Waals surface area contributed by atoms with Crippen molar-refractivity contribution in [1.29, 1.82) is 0 Å². The van der Waals surface area contributed by atoms with E-state index in [-0.39, 0.29) is 24.1 Å². The molecule has 0 saturated carbocycles. The van der Waals surface area contributed by atoms with Gasteiger partial charge in [0.2, 0.25) is 0 Å². The first-order chi connectivity index (χ1) is 14.1. The maximum Gasteiger partial charge on any atom is 0.291 e. The number of ketones is 1. The van der Waals surface area contributed by atoms with E-state index in [1.54, 1.807) is 54.6 Å². The van der Waals surface area contributed by atoms with Crippen molar-refractivity contribution in [2.24, 2.45) is 0 Å². The topological polar surface area (TPSA) is 87.0 Å². The van der Waals surface area contributed by atoms with Crippen LogP contribution in [0.1, 0.15) is 33.6 Å². The summed E-state index contributed by atoms with van der Waals surface area (Å²) in [5.74, 6) is 2.16. The van der Waals surface area contributed by atoms with Gasteiger partial charge in [0.25, 0.3) is 5.91 Å². The second-order valence-electron chi connectivity index (χ2n) is 6.45. The highest BCUT2D eigenvalue weighted by Gasteiger charge is 2.15. The van der Waals surface area contributed by atoms with Crippen LogP contribution in [0.4, 0.5) is 5.69 Å².